The fourth-order valence-electron chi connectivity index (χ4n) is 4.02. The Morgan fingerprint density at radius 2 is 2.07 bits per heavy atom. The molecule has 1 aliphatic heterocycles. The number of carbonyl (C=O) groups excluding carboxylic acids is 1. The molecule has 6 heteroatoms. The number of nitrogens with two attached hydrogens (primary N) is 1. The molecule has 1 atom stereocenters. The number of nitrogens with one attached hydrogen (secondary N) is 1. The number of rotatable bonds is 5. The zero-order valence-electron chi connectivity index (χ0n) is 15.5. The summed E-state index contributed by atoms with van der Waals surface area (Å²) in [5, 5.41) is 10.1. The van der Waals surface area contributed by atoms with Crippen molar-refractivity contribution in [3.05, 3.63) is 75.6 Å². The Kier molecular flexibility index (Phi) is 4.88. The number of H-pyrrole nitrogens is 1. The standard InChI is InChI=1S/C22H23N3O3/c23-22(28)16-4-5-20-19(10-16)21(27)11-17(24-20)13-25-7-6-15(12-25)8-14-2-1-3-18(26)9-14/h1-5,9-11,15,26H,6-8,12-13H2,(H2,23,28)(H,24,27). The van der Waals surface area contributed by atoms with Crippen LogP contribution in [-0.4, -0.2) is 34.0 Å². The van der Waals surface area contributed by atoms with Crippen LogP contribution in [0, 0.1) is 5.92 Å². The molecular formula is C22H23N3O3. The molecule has 6 nitrogen and oxygen atoms in total. The Bertz CT molecular complexity index is 1090. The quantitative estimate of drug-likeness (QED) is 0.636. The second-order valence-electron chi connectivity index (χ2n) is 7.55. The van der Waals surface area contributed by atoms with Gasteiger partial charge in [-0.25, -0.2) is 0 Å². The van der Waals surface area contributed by atoms with Gasteiger partial charge in [0, 0.05) is 41.3 Å². The summed E-state index contributed by atoms with van der Waals surface area (Å²) in [4.78, 5) is 29.4. The van der Waals surface area contributed by atoms with Gasteiger partial charge in [-0.1, -0.05) is 12.1 Å². The predicted octanol–water partition coefficient (Wildman–Crippen LogP) is 2.40. The van der Waals surface area contributed by atoms with Gasteiger partial charge in [-0.15, -0.1) is 0 Å². The number of aromatic hydroxyl groups is 1. The third kappa shape index (κ3) is 3.92. The first-order chi connectivity index (χ1) is 13.5. The number of amides is 1. The average molecular weight is 377 g/mol. The summed E-state index contributed by atoms with van der Waals surface area (Å²) < 4.78 is 0. The van der Waals surface area contributed by atoms with Crippen molar-refractivity contribution in [1.82, 2.24) is 9.88 Å². The Balaban J connectivity index is 1.46. The zero-order valence-corrected chi connectivity index (χ0v) is 15.5. The van der Waals surface area contributed by atoms with E-state index in [9.17, 15) is 14.7 Å². The lowest BCUT2D eigenvalue weighted by atomic mass is 9.98. The highest BCUT2D eigenvalue weighted by molar-refractivity contribution is 5.96. The van der Waals surface area contributed by atoms with Crippen molar-refractivity contribution in [3.8, 4) is 5.75 Å². The molecule has 0 bridgehead atoms. The van der Waals surface area contributed by atoms with E-state index in [1.165, 1.54) is 0 Å². The normalized spacial score (nSPS) is 17.2. The Morgan fingerprint density at radius 1 is 1.21 bits per heavy atom. The molecule has 0 aliphatic carbocycles. The minimum Gasteiger partial charge on any atom is -0.508 e. The second-order valence-corrected chi connectivity index (χ2v) is 7.55. The van der Waals surface area contributed by atoms with Crippen LogP contribution >= 0.6 is 0 Å². The van der Waals surface area contributed by atoms with Crippen molar-refractivity contribution >= 4 is 16.8 Å². The number of fused-ring (bicyclic) bond motifs is 1. The number of pyridine rings is 1. The van der Waals surface area contributed by atoms with Crippen molar-refractivity contribution in [2.24, 2.45) is 11.7 Å². The first-order valence-corrected chi connectivity index (χ1v) is 9.44. The van der Waals surface area contributed by atoms with Gasteiger partial charge in [0.25, 0.3) is 0 Å². The van der Waals surface area contributed by atoms with Crippen LogP contribution in [0.2, 0.25) is 0 Å². The van der Waals surface area contributed by atoms with Crippen molar-refractivity contribution in [2.45, 2.75) is 19.4 Å². The van der Waals surface area contributed by atoms with E-state index < -0.39 is 5.91 Å². The maximum absolute atomic E-state index is 12.5. The maximum Gasteiger partial charge on any atom is 0.248 e. The molecule has 2 heterocycles. The number of aromatic amines is 1. The summed E-state index contributed by atoms with van der Waals surface area (Å²) >= 11 is 0. The minimum atomic E-state index is -0.541. The number of aromatic nitrogens is 1. The minimum absolute atomic E-state index is 0.109. The van der Waals surface area contributed by atoms with E-state index in [1.807, 2.05) is 18.2 Å². The number of benzene rings is 2. The lowest BCUT2D eigenvalue weighted by Crippen LogP contribution is -2.22. The van der Waals surface area contributed by atoms with E-state index in [1.54, 1.807) is 30.3 Å². The van der Waals surface area contributed by atoms with Crippen LogP contribution in [0.3, 0.4) is 0 Å². The summed E-state index contributed by atoms with van der Waals surface area (Å²) in [5.74, 6) is 0.299. The average Bonchev–Trinajstić information content (AvgIpc) is 3.08. The van der Waals surface area contributed by atoms with E-state index in [4.69, 9.17) is 5.73 Å². The van der Waals surface area contributed by atoms with E-state index in [-0.39, 0.29) is 5.43 Å². The molecule has 144 valence electrons. The lowest BCUT2D eigenvalue weighted by molar-refractivity contribution is 0.100. The third-order valence-corrected chi connectivity index (χ3v) is 5.37. The van der Waals surface area contributed by atoms with Crippen molar-refractivity contribution in [3.63, 3.8) is 0 Å². The Morgan fingerprint density at radius 3 is 2.86 bits per heavy atom. The van der Waals surface area contributed by atoms with Gasteiger partial charge < -0.3 is 15.8 Å². The summed E-state index contributed by atoms with van der Waals surface area (Å²) in [6.45, 7) is 2.61. The largest absolute Gasteiger partial charge is 0.508 e. The molecule has 1 saturated heterocycles. The Hall–Kier alpha value is -3.12. The van der Waals surface area contributed by atoms with Crippen LogP contribution in [0.4, 0.5) is 0 Å². The molecule has 1 aromatic heterocycles. The number of nitrogens with zero attached hydrogens (tertiary/aromatic N) is 1. The van der Waals surface area contributed by atoms with Crippen molar-refractivity contribution < 1.29 is 9.90 Å². The number of phenols is 1. The number of carbonyl (C=O) groups is 1. The van der Waals surface area contributed by atoms with Gasteiger partial charge >= 0.3 is 0 Å². The molecule has 28 heavy (non-hydrogen) atoms. The smallest absolute Gasteiger partial charge is 0.248 e. The number of likely N-dealkylation sites (tertiary alicyclic amines) is 1. The highest BCUT2D eigenvalue weighted by Crippen LogP contribution is 2.24. The molecule has 0 radical (unpaired) electrons. The first-order valence-electron chi connectivity index (χ1n) is 9.44. The van der Waals surface area contributed by atoms with Crippen LogP contribution < -0.4 is 11.2 Å². The first kappa shape index (κ1) is 18.3. The molecular weight excluding hydrogens is 354 g/mol. The van der Waals surface area contributed by atoms with E-state index in [2.05, 4.69) is 9.88 Å². The highest BCUT2D eigenvalue weighted by atomic mass is 16.3. The predicted molar refractivity (Wildman–Crippen MR) is 108 cm³/mol. The van der Waals surface area contributed by atoms with Crippen molar-refractivity contribution in [2.75, 3.05) is 13.1 Å². The summed E-state index contributed by atoms with van der Waals surface area (Å²) in [7, 11) is 0. The monoisotopic (exact) mass is 377 g/mol. The van der Waals surface area contributed by atoms with Gasteiger partial charge in [-0.05, 0) is 61.2 Å². The van der Waals surface area contributed by atoms with Gasteiger partial charge in [0.1, 0.15) is 5.75 Å². The van der Waals surface area contributed by atoms with Gasteiger partial charge in [0.2, 0.25) is 5.91 Å². The molecule has 2 aromatic carbocycles. The fraction of sp³-hybridized carbons (Fsp3) is 0.273. The maximum atomic E-state index is 12.5. The van der Waals surface area contributed by atoms with E-state index in [0.29, 0.717) is 34.7 Å². The Labute approximate surface area is 162 Å². The molecule has 4 N–H and O–H groups in total. The molecule has 1 amide bonds. The number of phenolic OH excluding ortho intramolecular Hbond substituents is 1. The zero-order chi connectivity index (χ0) is 19.7. The summed E-state index contributed by atoms with van der Waals surface area (Å²) in [6.07, 6.45) is 2.03. The van der Waals surface area contributed by atoms with E-state index in [0.717, 1.165) is 37.2 Å². The molecule has 0 spiro atoms. The SMILES string of the molecule is NC(=O)c1ccc2[nH]c(CN3CCC(Cc4cccc(O)c4)C3)cc(=O)c2c1. The number of primary amides is 1. The van der Waals surface area contributed by atoms with Crippen LogP contribution in [-0.2, 0) is 13.0 Å². The summed E-state index contributed by atoms with van der Waals surface area (Å²) in [6, 6.07) is 13.9. The molecule has 0 saturated carbocycles. The van der Waals surface area contributed by atoms with Gasteiger partial charge in [0.15, 0.2) is 5.43 Å². The second kappa shape index (κ2) is 7.48. The van der Waals surface area contributed by atoms with Crippen LogP contribution in [0.5, 0.6) is 5.75 Å². The highest BCUT2D eigenvalue weighted by Gasteiger charge is 2.23. The molecule has 4 rings (SSSR count). The van der Waals surface area contributed by atoms with Gasteiger partial charge in [-0.3, -0.25) is 14.5 Å². The fourth-order valence-corrected chi connectivity index (χ4v) is 4.02. The number of hydrogen-bond acceptors (Lipinski definition) is 4. The summed E-state index contributed by atoms with van der Waals surface area (Å²) in [5.41, 5.74) is 8.25. The topological polar surface area (TPSA) is 99.4 Å². The molecule has 3 aromatic rings. The van der Waals surface area contributed by atoms with Crippen LogP contribution in [0.25, 0.3) is 10.9 Å². The molecule has 1 unspecified atom stereocenters. The van der Waals surface area contributed by atoms with Crippen molar-refractivity contribution in [1.29, 1.82) is 0 Å². The third-order valence-electron chi connectivity index (χ3n) is 5.37. The lowest BCUT2D eigenvalue weighted by Gasteiger charge is -2.16. The molecule has 1 fully saturated rings. The number of hydrogen-bond donors (Lipinski definition) is 3. The van der Waals surface area contributed by atoms with Gasteiger partial charge in [-0.2, -0.15) is 0 Å². The molecule has 1 aliphatic rings. The van der Waals surface area contributed by atoms with E-state index >= 15 is 0 Å². The van der Waals surface area contributed by atoms with Gasteiger partial charge in [0.05, 0.1) is 0 Å². The van der Waals surface area contributed by atoms with Crippen LogP contribution in [0.15, 0.2) is 53.3 Å². The van der Waals surface area contributed by atoms with Crippen LogP contribution in [0.1, 0.15) is 28.0 Å².